The van der Waals surface area contributed by atoms with Crippen LogP contribution in [-0.2, 0) is 16.8 Å². The lowest BCUT2D eigenvalue weighted by Crippen LogP contribution is -2.49. The van der Waals surface area contributed by atoms with Gasteiger partial charge in [0.25, 0.3) is 5.91 Å². The number of hydrogen-bond donors (Lipinski definition) is 2. The van der Waals surface area contributed by atoms with Gasteiger partial charge < -0.3 is 19.7 Å². The maximum Gasteiger partial charge on any atom is 0.335 e. The Morgan fingerprint density at radius 2 is 1.90 bits per heavy atom. The Balaban J connectivity index is 1.62. The SMILES string of the molecule is COc1ccc2[nH]c3c(c2c1)CCN1C(=O)N(c2ccc(C(=O)O)cc2)C(=O)[C@@]31C. The molecule has 0 spiro atoms. The minimum Gasteiger partial charge on any atom is -0.497 e. The first-order valence-electron chi connectivity index (χ1n) is 9.55. The van der Waals surface area contributed by atoms with Gasteiger partial charge in [-0.05, 0) is 61.4 Å². The van der Waals surface area contributed by atoms with Crippen LogP contribution in [0.5, 0.6) is 5.75 Å². The van der Waals surface area contributed by atoms with Crippen molar-refractivity contribution < 1.29 is 24.2 Å². The lowest BCUT2D eigenvalue weighted by molar-refractivity contribution is -0.125. The van der Waals surface area contributed by atoms with Gasteiger partial charge in [-0.1, -0.05) is 0 Å². The second kappa shape index (κ2) is 6.09. The van der Waals surface area contributed by atoms with Crippen molar-refractivity contribution in [2.75, 3.05) is 18.6 Å². The molecule has 2 aliphatic rings. The number of urea groups is 1. The van der Waals surface area contributed by atoms with Gasteiger partial charge in [0.2, 0.25) is 0 Å². The number of nitrogens with one attached hydrogen (secondary N) is 1. The number of aromatic nitrogens is 1. The molecule has 152 valence electrons. The van der Waals surface area contributed by atoms with Crippen LogP contribution < -0.4 is 9.64 Å². The number of carbonyl (C=O) groups excluding carboxylic acids is 2. The van der Waals surface area contributed by atoms with E-state index in [0.717, 1.165) is 27.1 Å². The van der Waals surface area contributed by atoms with Gasteiger partial charge in [-0.25, -0.2) is 14.5 Å². The highest BCUT2D eigenvalue weighted by Crippen LogP contribution is 2.45. The van der Waals surface area contributed by atoms with E-state index in [1.165, 1.54) is 24.3 Å². The van der Waals surface area contributed by atoms with Gasteiger partial charge >= 0.3 is 12.0 Å². The Kier molecular flexibility index (Phi) is 3.70. The van der Waals surface area contributed by atoms with Gasteiger partial charge in [0.1, 0.15) is 5.75 Å². The zero-order chi connectivity index (χ0) is 21.2. The number of carbonyl (C=O) groups is 3. The molecule has 0 bridgehead atoms. The number of H-pyrrole nitrogens is 1. The lowest BCUT2D eigenvalue weighted by Gasteiger charge is -2.35. The first kappa shape index (κ1) is 18.2. The summed E-state index contributed by atoms with van der Waals surface area (Å²) in [7, 11) is 1.61. The summed E-state index contributed by atoms with van der Waals surface area (Å²) < 4.78 is 5.34. The molecule has 1 aromatic heterocycles. The van der Waals surface area contributed by atoms with Gasteiger partial charge in [0.15, 0.2) is 5.54 Å². The second-order valence-electron chi connectivity index (χ2n) is 7.64. The molecule has 5 rings (SSSR count). The predicted molar refractivity (Wildman–Crippen MR) is 109 cm³/mol. The number of amides is 3. The number of hydrogen-bond acceptors (Lipinski definition) is 4. The molecular weight excluding hydrogens is 386 g/mol. The standard InChI is InChI=1S/C22H19N3O5/c1-22-18-15(16-11-14(30-2)7-8-17(16)23-18)9-10-24(22)21(29)25(20(22)28)13-5-3-12(4-6-13)19(26)27/h3-8,11,23H,9-10H2,1-2H3,(H,26,27)/t22-/m1/s1. The van der Waals surface area contributed by atoms with Crippen molar-refractivity contribution in [3.05, 3.63) is 59.3 Å². The number of aromatic carboxylic acids is 1. The van der Waals surface area contributed by atoms with E-state index >= 15 is 0 Å². The van der Waals surface area contributed by atoms with E-state index in [0.29, 0.717) is 24.3 Å². The van der Waals surface area contributed by atoms with Crippen LogP contribution in [0.3, 0.4) is 0 Å². The number of aromatic amines is 1. The average Bonchev–Trinajstić information content (AvgIpc) is 3.21. The number of rotatable bonds is 3. The van der Waals surface area contributed by atoms with Gasteiger partial charge in [-0.15, -0.1) is 0 Å². The van der Waals surface area contributed by atoms with Crippen molar-refractivity contribution in [1.29, 1.82) is 0 Å². The third-order valence-corrected chi connectivity index (χ3v) is 6.14. The molecule has 1 fully saturated rings. The molecule has 0 saturated carbocycles. The molecule has 0 aliphatic carbocycles. The number of carboxylic acid groups (broad SMARTS) is 1. The molecule has 2 aromatic carbocycles. The van der Waals surface area contributed by atoms with Crippen LogP contribution in [0.1, 0.15) is 28.5 Å². The largest absolute Gasteiger partial charge is 0.497 e. The summed E-state index contributed by atoms with van der Waals surface area (Å²) in [5.74, 6) is -0.705. The summed E-state index contributed by atoms with van der Waals surface area (Å²) in [6, 6.07) is 11.0. The fourth-order valence-corrected chi connectivity index (χ4v) is 4.53. The minimum absolute atomic E-state index is 0.0913. The van der Waals surface area contributed by atoms with Gasteiger partial charge in [0.05, 0.1) is 24.1 Å². The molecule has 30 heavy (non-hydrogen) atoms. The van der Waals surface area contributed by atoms with Crippen molar-refractivity contribution in [1.82, 2.24) is 9.88 Å². The first-order chi connectivity index (χ1) is 14.4. The Labute approximate surface area is 171 Å². The van der Waals surface area contributed by atoms with Crippen LogP contribution in [0.15, 0.2) is 42.5 Å². The van der Waals surface area contributed by atoms with Crippen molar-refractivity contribution in [3.8, 4) is 5.75 Å². The third kappa shape index (κ3) is 2.24. The highest BCUT2D eigenvalue weighted by molar-refractivity contribution is 6.23. The van der Waals surface area contributed by atoms with Gasteiger partial charge in [-0.3, -0.25) is 4.79 Å². The maximum atomic E-state index is 13.6. The van der Waals surface area contributed by atoms with Crippen molar-refractivity contribution >= 4 is 34.5 Å². The molecule has 2 aliphatic heterocycles. The smallest absolute Gasteiger partial charge is 0.335 e. The fraction of sp³-hybridized carbons (Fsp3) is 0.227. The summed E-state index contributed by atoms with van der Waals surface area (Å²) >= 11 is 0. The second-order valence-corrected chi connectivity index (χ2v) is 7.64. The number of fused-ring (bicyclic) bond motifs is 5. The number of imide groups is 1. The summed E-state index contributed by atoms with van der Waals surface area (Å²) in [4.78, 5) is 43.9. The summed E-state index contributed by atoms with van der Waals surface area (Å²) in [6.45, 7) is 2.16. The summed E-state index contributed by atoms with van der Waals surface area (Å²) in [5.41, 5.74) is 1.88. The number of carboxylic acids is 1. The molecule has 8 heteroatoms. The Morgan fingerprint density at radius 3 is 2.57 bits per heavy atom. The molecular formula is C22H19N3O5. The number of methoxy groups -OCH3 is 1. The molecule has 1 atom stereocenters. The molecule has 3 amide bonds. The Morgan fingerprint density at radius 1 is 1.17 bits per heavy atom. The van der Waals surface area contributed by atoms with Crippen LogP contribution in [0.25, 0.3) is 10.9 Å². The monoisotopic (exact) mass is 405 g/mol. The van der Waals surface area contributed by atoms with E-state index in [1.807, 2.05) is 18.2 Å². The van der Waals surface area contributed by atoms with E-state index < -0.39 is 17.5 Å². The molecule has 0 radical (unpaired) electrons. The topological polar surface area (TPSA) is 103 Å². The normalized spacial score (nSPS) is 20.5. The van der Waals surface area contributed by atoms with Crippen molar-refractivity contribution in [3.63, 3.8) is 0 Å². The fourth-order valence-electron chi connectivity index (χ4n) is 4.53. The zero-order valence-corrected chi connectivity index (χ0v) is 16.4. The highest BCUT2D eigenvalue weighted by Gasteiger charge is 2.59. The van der Waals surface area contributed by atoms with E-state index in [1.54, 1.807) is 18.9 Å². The zero-order valence-electron chi connectivity index (χ0n) is 16.4. The molecule has 2 N–H and O–H groups in total. The maximum absolute atomic E-state index is 13.6. The Hall–Kier alpha value is -3.81. The molecule has 1 saturated heterocycles. The number of anilines is 1. The average molecular weight is 405 g/mol. The van der Waals surface area contributed by atoms with E-state index in [2.05, 4.69) is 4.98 Å². The van der Waals surface area contributed by atoms with Crippen LogP contribution in [-0.4, -0.2) is 46.6 Å². The van der Waals surface area contributed by atoms with Crippen LogP contribution in [0, 0.1) is 0 Å². The minimum atomic E-state index is -1.16. The van der Waals surface area contributed by atoms with Crippen molar-refractivity contribution in [2.45, 2.75) is 18.9 Å². The van der Waals surface area contributed by atoms with E-state index in [9.17, 15) is 14.4 Å². The van der Waals surface area contributed by atoms with Crippen LogP contribution in [0.4, 0.5) is 10.5 Å². The van der Waals surface area contributed by atoms with Crippen LogP contribution >= 0.6 is 0 Å². The van der Waals surface area contributed by atoms with Gasteiger partial charge in [0, 0.05) is 17.4 Å². The number of benzene rings is 2. The highest BCUT2D eigenvalue weighted by atomic mass is 16.5. The summed E-state index contributed by atoms with van der Waals surface area (Å²) in [5, 5.41) is 10.1. The third-order valence-electron chi connectivity index (χ3n) is 6.14. The molecule has 3 heterocycles. The molecule has 8 nitrogen and oxygen atoms in total. The summed E-state index contributed by atoms with van der Waals surface area (Å²) in [6.07, 6.45) is 0.614. The van der Waals surface area contributed by atoms with Crippen LogP contribution in [0.2, 0.25) is 0 Å². The number of nitrogens with zero attached hydrogens (tertiary/aromatic N) is 2. The quantitative estimate of drug-likeness (QED) is 0.652. The lowest BCUT2D eigenvalue weighted by atomic mass is 9.87. The van der Waals surface area contributed by atoms with Crippen molar-refractivity contribution in [2.24, 2.45) is 0 Å². The van der Waals surface area contributed by atoms with E-state index in [-0.39, 0.29) is 11.5 Å². The first-order valence-corrected chi connectivity index (χ1v) is 9.55. The Bertz CT molecular complexity index is 1230. The van der Waals surface area contributed by atoms with E-state index in [4.69, 9.17) is 9.84 Å². The predicted octanol–water partition coefficient (Wildman–Crippen LogP) is 3.11. The van der Waals surface area contributed by atoms with Gasteiger partial charge in [-0.2, -0.15) is 0 Å². The molecule has 3 aromatic rings. The molecule has 0 unspecified atom stereocenters. The number of ether oxygens (including phenoxy) is 1.